The summed E-state index contributed by atoms with van der Waals surface area (Å²) in [5.74, 6) is 2.41. The van der Waals surface area contributed by atoms with E-state index in [1.807, 2.05) is 0 Å². The largest absolute Gasteiger partial charge is 0.359 e. The topological polar surface area (TPSA) is 13.0 Å². The van der Waals surface area contributed by atoms with Crippen molar-refractivity contribution in [2.24, 2.45) is 0 Å². The molecule has 0 saturated carbocycles. The van der Waals surface area contributed by atoms with Crippen LogP contribution in [0.1, 0.15) is 55.4 Å². The van der Waals surface area contributed by atoms with E-state index in [1.54, 1.807) is 21.6 Å². The fourth-order valence-corrected chi connectivity index (χ4v) is 5.37. The number of hydrogen-bond donors (Lipinski definition) is 0. The highest BCUT2D eigenvalue weighted by Gasteiger charge is 2.15. The van der Waals surface area contributed by atoms with E-state index in [2.05, 4.69) is 87.1 Å². The van der Waals surface area contributed by atoms with Crippen LogP contribution in [-0.4, -0.2) is 80.4 Å². The molecule has 4 nitrogen and oxygen atoms in total. The maximum atomic E-state index is 5.70. The molecular weight excluding hydrogens is 449 g/mol. The number of rotatable bonds is 14. The van der Waals surface area contributed by atoms with Gasteiger partial charge in [0.2, 0.25) is 0 Å². The standard InChI is InChI=1S/C22H42N4S4/c1-9-23(10-2)19(24(11-3)12-4)17-21(27)29-30-22(28)18-20(25(13-5)14-6)26(15-7)16-8/h17-18H,9-16H2,1-8H3. The van der Waals surface area contributed by atoms with Gasteiger partial charge in [-0.15, -0.1) is 0 Å². The molecule has 0 aromatic rings. The van der Waals surface area contributed by atoms with Gasteiger partial charge in [-0.1, -0.05) is 24.4 Å². The zero-order valence-electron chi connectivity index (χ0n) is 20.2. The van der Waals surface area contributed by atoms with Gasteiger partial charge in [0.1, 0.15) is 11.6 Å². The molecule has 0 unspecified atom stereocenters. The number of thiocarbonyl (C=S) groups is 2. The predicted molar refractivity (Wildman–Crippen MR) is 148 cm³/mol. The summed E-state index contributed by atoms with van der Waals surface area (Å²) in [5, 5.41) is 0. The van der Waals surface area contributed by atoms with Crippen molar-refractivity contribution in [2.45, 2.75) is 55.4 Å². The SMILES string of the molecule is CCN(CC)C(=CC(=S)SSC(=S)C=C(N(CC)CC)N(CC)CC)N(CC)CC. The summed E-state index contributed by atoms with van der Waals surface area (Å²) < 4.78 is 1.72. The van der Waals surface area contributed by atoms with E-state index in [-0.39, 0.29) is 0 Å². The molecule has 0 aliphatic heterocycles. The zero-order chi connectivity index (χ0) is 23.1. The smallest absolute Gasteiger partial charge is 0.106 e. The van der Waals surface area contributed by atoms with E-state index in [0.29, 0.717) is 0 Å². The van der Waals surface area contributed by atoms with Crippen molar-refractivity contribution in [3.05, 3.63) is 23.8 Å². The van der Waals surface area contributed by atoms with E-state index in [0.717, 1.165) is 60.8 Å². The number of hydrogen-bond acceptors (Lipinski definition) is 8. The molecule has 0 atom stereocenters. The summed E-state index contributed by atoms with van der Waals surface area (Å²) >= 11 is 11.4. The first-order valence-electron chi connectivity index (χ1n) is 11.2. The average molecular weight is 491 g/mol. The van der Waals surface area contributed by atoms with Gasteiger partial charge in [0.05, 0.1) is 8.39 Å². The van der Waals surface area contributed by atoms with E-state index in [9.17, 15) is 0 Å². The Morgan fingerprint density at radius 3 is 0.867 bits per heavy atom. The van der Waals surface area contributed by atoms with Gasteiger partial charge in [0.15, 0.2) is 0 Å². The van der Waals surface area contributed by atoms with Crippen molar-refractivity contribution in [1.82, 2.24) is 19.6 Å². The average Bonchev–Trinajstić information content (AvgIpc) is 2.75. The normalized spacial score (nSPS) is 10.3. The van der Waals surface area contributed by atoms with Crippen LogP contribution in [0.25, 0.3) is 0 Å². The molecule has 0 amide bonds. The fourth-order valence-electron chi connectivity index (χ4n) is 3.30. The summed E-state index contributed by atoms with van der Waals surface area (Å²) in [6, 6.07) is 0. The molecule has 30 heavy (non-hydrogen) atoms. The molecule has 0 saturated heterocycles. The Balaban J connectivity index is 5.41. The summed E-state index contributed by atoms with van der Waals surface area (Å²) in [6.07, 6.45) is 4.27. The van der Waals surface area contributed by atoms with Crippen LogP contribution in [0.2, 0.25) is 0 Å². The van der Waals surface area contributed by atoms with Crippen molar-refractivity contribution in [3.63, 3.8) is 0 Å². The minimum atomic E-state index is 0.858. The maximum absolute atomic E-state index is 5.70. The first-order valence-corrected chi connectivity index (χ1v) is 14.2. The Morgan fingerprint density at radius 2 is 0.700 bits per heavy atom. The highest BCUT2D eigenvalue weighted by molar-refractivity contribution is 8.89. The quantitative estimate of drug-likeness (QED) is 0.163. The second-order valence-corrected chi connectivity index (χ2v) is 10.1. The minimum absolute atomic E-state index is 0.858. The van der Waals surface area contributed by atoms with Crippen LogP contribution in [0, 0.1) is 0 Å². The lowest BCUT2D eigenvalue weighted by Crippen LogP contribution is -2.35. The molecule has 0 rings (SSSR count). The molecule has 0 aliphatic rings. The van der Waals surface area contributed by atoms with E-state index < -0.39 is 0 Å². The minimum Gasteiger partial charge on any atom is -0.359 e. The fraction of sp³-hybridized carbons (Fsp3) is 0.727. The Morgan fingerprint density at radius 1 is 0.500 bits per heavy atom. The summed E-state index contributed by atoms with van der Waals surface area (Å²) in [5.41, 5.74) is 0. The Hall–Kier alpha value is -0.440. The molecule has 0 radical (unpaired) electrons. The summed E-state index contributed by atoms with van der Waals surface area (Å²) in [4.78, 5) is 9.45. The molecule has 0 bridgehead atoms. The molecule has 0 aliphatic carbocycles. The van der Waals surface area contributed by atoms with Gasteiger partial charge in [-0.05, 0) is 77.0 Å². The van der Waals surface area contributed by atoms with E-state index in [1.165, 1.54) is 11.6 Å². The van der Waals surface area contributed by atoms with Crippen LogP contribution in [0.3, 0.4) is 0 Å². The van der Waals surface area contributed by atoms with E-state index >= 15 is 0 Å². The molecule has 174 valence electrons. The lowest BCUT2D eigenvalue weighted by molar-refractivity contribution is 0.236. The second kappa shape index (κ2) is 17.2. The number of nitrogens with zero attached hydrogens (tertiary/aromatic N) is 4. The predicted octanol–water partition coefficient (Wildman–Crippen LogP) is 6.07. The second-order valence-electron chi connectivity index (χ2n) is 6.50. The molecule has 0 N–H and O–H groups in total. The first kappa shape index (κ1) is 29.6. The molecule has 0 aromatic carbocycles. The molecule has 0 spiro atoms. The first-order chi connectivity index (χ1) is 14.4. The van der Waals surface area contributed by atoms with Crippen molar-refractivity contribution < 1.29 is 0 Å². The van der Waals surface area contributed by atoms with E-state index in [4.69, 9.17) is 24.4 Å². The van der Waals surface area contributed by atoms with Crippen LogP contribution < -0.4 is 0 Å². The zero-order valence-corrected chi connectivity index (χ0v) is 23.5. The van der Waals surface area contributed by atoms with Crippen LogP contribution >= 0.6 is 46.0 Å². The lowest BCUT2D eigenvalue weighted by Gasteiger charge is -2.34. The van der Waals surface area contributed by atoms with Gasteiger partial charge in [0.25, 0.3) is 0 Å². The Labute approximate surface area is 204 Å². The monoisotopic (exact) mass is 490 g/mol. The Kier molecular flexibility index (Phi) is 16.9. The van der Waals surface area contributed by atoms with Gasteiger partial charge in [0, 0.05) is 64.5 Å². The third kappa shape index (κ3) is 9.79. The van der Waals surface area contributed by atoms with Crippen LogP contribution in [0.5, 0.6) is 0 Å². The third-order valence-electron chi connectivity index (χ3n) is 5.05. The molecular formula is C22H42N4S4. The van der Waals surface area contributed by atoms with Crippen molar-refractivity contribution in [3.8, 4) is 0 Å². The van der Waals surface area contributed by atoms with Gasteiger partial charge < -0.3 is 19.6 Å². The van der Waals surface area contributed by atoms with Crippen molar-refractivity contribution >= 4 is 54.4 Å². The highest BCUT2D eigenvalue weighted by Crippen LogP contribution is 2.29. The van der Waals surface area contributed by atoms with Crippen LogP contribution in [0.15, 0.2) is 23.8 Å². The Bertz CT molecular complexity index is 483. The third-order valence-corrected chi connectivity index (χ3v) is 8.39. The highest BCUT2D eigenvalue weighted by atomic mass is 33.1. The summed E-state index contributed by atoms with van der Waals surface area (Å²) in [6.45, 7) is 25.3. The van der Waals surface area contributed by atoms with Gasteiger partial charge in [-0.25, -0.2) is 0 Å². The summed E-state index contributed by atoms with van der Waals surface area (Å²) in [7, 11) is 3.16. The molecule has 8 heteroatoms. The van der Waals surface area contributed by atoms with Gasteiger partial charge in [-0.2, -0.15) is 0 Å². The van der Waals surface area contributed by atoms with Crippen LogP contribution in [0.4, 0.5) is 0 Å². The molecule has 0 heterocycles. The lowest BCUT2D eigenvalue weighted by atomic mass is 10.4. The van der Waals surface area contributed by atoms with Gasteiger partial charge in [-0.3, -0.25) is 0 Å². The van der Waals surface area contributed by atoms with Crippen molar-refractivity contribution in [1.29, 1.82) is 0 Å². The van der Waals surface area contributed by atoms with Gasteiger partial charge >= 0.3 is 0 Å². The molecule has 0 fully saturated rings. The van der Waals surface area contributed by atoms with Crippen molar-refractivity contribution in [2.75, 3.05) is 52.4 Å². The maximum Gasteiger partial charge on any atom is 0.106 e. The molecule has 0 aromatic heterocycles. The van der Waals surface area contributed by atoms with Crippen LogP contribution in [-0.2, 0) is 0 Å².